The Kier molecular flexibility index (Phi) is 3.07. The summed E-state index contributed by atoms with van der Waals surface area (Å²) in [6.07, 6.45) is 1.66. The highest BCUT2D eigenvalue weighted by Crippen LogP contribution is 2.26. The standard InChI is InChI=1S/C9H12N6S/c1-6-5-8(15(2)14-6)16-7-3-4-11-9(12-7)13-10/h3-5H,10H2,1-2H3,(H,11,12,13). The lowest BCUT2D eigenvalue weighted by atomic mass is 10.5. The number of nitrogens with zero attached hydrogens (tertiary/aromatic N) is 4. The van der Waals surface area contributed by atoms with Crippen LogP contribution in [-0.2, 0) is 7.05 Å². The molecule has 0 fully saturated rings. The van der Waals surface area contributed by atoms with Crippen LogP contribution in [0.15, 0.2) is 28.4 Å². The van der Waals surface area contributed by atoms with E-state index in [2.05, 4.69) is 20.5 Å². The van der Waals surface area contributed by atoms with Gasteiger partial charge in [0.1, 0.15) is 10.1 Å². The smallest absolute Gasteiger partial charge is 0.238 e. The highest BCUT2D eigenvalue weighted by atomic mass is 32.2. The first-order valence-electron chi connectivity index (χ1n) is 4.67. The van der Waals surface area contributed by atoms with Gasteiger partial charge >= 0.3 is 0 Å². The van der Waals surface area contributed by atoms with Crippen molar-refractivity contribution in [2.45, 2.75) is 17.0 Å². The van der Waals surface area contributed by atoms with Gasteiger partial charge < -0.3 is 0 Å². The van der Waals surface area contributed by atoms with Crippen LogP contribution in [0, 0.1) is 6.92 Å². The molecule has 0 saturated carbocycles. The molecule has 0 aliphatic heterocycles. The molecule has 3 N–H and O–H groups in total. The average Bonchev–Trinajstić information content (AvgIpc) is 2.58. The van der Waals surface area contributed by atoms with Gasteiger partial charge in [0.05, 0.1) is 5.69 Å². The summed E-state index contributed by atoms with van der Waals surface area (Å²) in [5.41, 5.74) is 3.40. The lowest BCUT2D eigenvalue weighted by Crippen LogP contribution is -2.10. The summed E-state index contributed by atoms with van der Waals surface area (Å²) in [7, 11) is 1.90. The highest BCUT2D eigenvalue weighted by molar-refractivity contribution is 7.99. The molecular formula is C9H12N6S. The molecule has 2 aromatic rings. The van der Waals surface area contributed by atoms with Crippen molar-refractivity contribution >= 4 is 17.7 Å². The number of aryl methyl sites for hydroxylation is 2. The number of hydrogen-bond acceptors (Lipinski definition) is 6. The molecule has 0 unspecified atom stereocenters. The fourth-order valence-electron chi connectivity index (χ4n) is 1.26. The van der Waals surface area contributed by atoms with Gasteiger partial charge in [0.2, 0.25) is 5.95 Å². The number of nitrogens with two attached hydrogens (primary N) is 1. The van der Waals surface area contributed by atoms with Crippen LogP contribution in [0.2, 0.25) is 0 Å². The molecule has 0 amide bonds. The van der Waals surface area contributed by atoms with Crippen molar-refractivity contribution in [2.75, 3.05) is 5.43 Å². The number of nitrogens with one attached hydrogen (secondary N) is 1. The van der Waals surface area contributed by atoms with Crippen LogP contribution in [0.3, 0.4) is 0 Å². The number of hydrazine groups is 1. The van der Waals surface area contributed by atoms with Crippen molar-refractivity contribution in [3.63, 3.8) is 0 Å². The van der Waals surface area contributed by atoms with E-state index in [0.29, 0.717) is 5.95 Å². The molecule has 0 radical (unpaired) electrons. The van der Waals surface area contributed by atoms with Crippen molar-refractivity contribution in [1.82, 2.24) is 19.7 Å². The van der Waals surface area contributed by atoms with Crippen LogP contribution in [0.1, 0.15) is 5.69 Å². The number of rotatable bonds is 3. The second-order valence-electron chi connectivity index (χ2n) is 3.21. The predicted molar refractivity (Wildman–Crippen MR) is 61.9 cm³/mol. The van der Waals surface area contributed by atoms with Gasteiger partial charge in [0.25, 0.3) is 0 Å². The largest absolute Gasteiger partial charge is 0.292 e. The average molecular weight is 236 g/mol. The van der Waals surface area contributed by atoms with Crippen molar-refractivity contribution in [3.8, 4) is 0 Å². The van der Waals surface area contributed by atoms with Crippen LogP contribution in [0.5, 0.6) is 0 Å². The van der Waals surface area contributed by atoms with Crippen LogP contribution in [-0.4, -0.2) is 19.7 Å². The van der Waals surface area contributed by atoms with Crippen molar-refractivity contribution < 1.29 is 0 Å². The summed E-state index contributed by atoms with van der Waals surface area (Å²) in [4.78, 5) is 8.16. The zero-order valence-electron chi connectivity index (χ0n) is 9.01. The molecular weight excluding hydrogens is 224 g/mol. The molecule has 2 aromatic heterocycles. The Hall–Kier alpha value is -1.60. The van der Waals surface area contributed by atoms with Crippen molar-refractivity contribution in [2.24, 2.45) is 12.9 Å². The maximum absolute atomic E-state index is 5.24. The summed E-state index contributed by atoms with van der Waals surface area (Å²) in [5.74, 6) is 5.65. The number of anilines is 1. The van der Waals surface area contributed by atoms with Gasteiger partial charge in [-0.3, -0.25) is 10.1 Å². The van der Waals surface area contributed by atoms with Gasteiger partial charge in [-0.05, 0) is 19.1 Å². The van der Waals surface area contributed by atoms with Crippen LogP contribution >= 0.6 is 11.8 Å². The SMILES string of the molecule is Cc1cc(Sc2ccnc(NN)n2)n(C)n1. The zero-order valence-corrected chi connectivity index (χ0v) is 9.82. The summed E-state index contributed by atoms with van der Waals surface area (Å²) in [6.45, 7) is 1.96. The van der Waals surface area contributed by atoms with E-state index in [-0.39, 0.29) is 0 Å². The molecule has 0 aliphatic carbocycles. The first-order chi connectivity index (χ1) is 7.69. The van der Waals surface area contributed by atoms with E-state index < -0.39 is 0 Å². The van der Waals surface area contributed by atoms with Crippen molar-refractivity contribution in [1.29, 1.82) is 0 Å². The molecule has 0 spiro atoms. The molecule has 6 nitrogen and oxygen atoms in total. The van der Waals surface area contributed by atoms with E-state index in [9.17, 15) is 0 Å². The van der Waals surface area contributed by atoms with E-state index >= 15 is 0 Å². The number of nitrogen functional groups attached to an aromatic ring is 1. The Morgan fingerprint density at radius 1 is 1.50 bits per heavy atom. The molecule has 7 heteroatoms. The minimum atomic E-state index is 0.406. The van der Waals surface area contributed by atoms with Crippen LogP contribution in [0.25, 0.3) is 0 Å². The summed E-state index contributed by atoms with van der Waals surface area (Å²) >= 11 is 1.52. The Balaban J connectivity index is 2.23. The first-order valence-corrected chi connectivity index (χ1v) is 5.49. The molecule has 16 heavy (non-hydrogen) atoms. The molecule has 0 aromatic carbocycles. The predicted octanol–water partition coefficient (Wildman–Crippen LogP) is 0.955. The highest BCUT2D eigenvalue weighted by Gasteiger charge is 2.06. The van der Waals surface area contributed by atoms with Gasteiger partial charge in [0.15, 0.2) is 0 Å². The summed E-state index contributed by atoms with van der Waals surface area (Å²) < 4.78 is 1.82. The Morgan fingerprint density at radius 2 is 2.31 bits per heavy atom. The minimum absolute atomic E-state index is 0.406. The van der Waals surface area contributed by atoms with Crippen molar-refractivity contribution in [3.05, 3.63) is 24.0 Å². The summed E-state index contributed by atoms with van der Waals surface area (Å²) in [5, 5.41) is 6.11. The van der Waals surface area contributed by atoms with Gasteiger partial charge in [0, 0.05) is 13.2 Å². The maximum Gasteiger partial charge on any atom is 0.238 e. The van der Waals surface area contributed by atoms with E-state index in [1.165, 1.54) is 11.8 Å². The second-order valence-corrected chi connectivity index (χ2v) is 4.25. The van der Waals surface area contributed by atoms with Crippen LogP contribution < -0.4 is 11.3 Å². The molecule has 0 bridgehead atoms. The lowest BCUT2D eigenvalue weighted by molar-refractivity contribution is 0.692. The monoisotopic (exact) mass is 236 g/mol. The van der Waals surface area contributed by atoms with Gasteiger partial charge in [-0.15, -0.1) is 0 Å². The fraction of sp³-hybridized carbons (Fsp3) is 0.222. The molecule has 84 valence electrons. The van der Waals surface area contributed by atoms with Crippen LogP contribution in [0.4, 0.5) is 5.95 Å². The minimum Gasteiger partial charge on any atom is -0.292 e. The van der Waals surface area contributed by atoms with Gasteiger partial charge in [-0.1, -0.05) is 11.8 Å². The third-order valence-corrected chi connectivity index (χ3v) is 2.96. The summed E-state index contributed by atoms with van der Waals surface area (Å²) in [6, 6.07) is 3.83. The Bertz CT molecular complexity index is 494. The quantitative estimate of drug-likeness (QED) is 0.469. The zero-order chi connectivity index (χ0) is 11.5. The topological polar surface area (TPSA) is 81.6 Å². The maximum atomic E-state index is 5.24. The Labute approximate surface area is 97.2 Å². The van der Waals surface area contributed by atoms with Gasteiger partial charge in [-0.2, -0.15) is 5.10 Å². The third kappa shape index (κ3) is 2.31. The molecule has 0 aliphatic rings. The molecule has 0 atom stereocenters. The van der Waals surface area contributed by atoms with E-state index in [4.69, 9.17) is 5.84 Å². The molecule has 2 rings (SSSR count). The normalized spacial score (nSPS) is 10.4. The molecule has 0 saturated heterocycles. The Morgan fingerprint density at radius 3 is 2.94 bits per heavy atom. The lowest BCUT2D eigenvalue weighted by Gasteiger charge is -2.02. The van der Waals surface area contributed by atoms with E-state index in [1.807, 2.05) is 30.8 Å². The van der Waals surface area contributed by atoms with Gasteiger partial charge in [-0.25, -0.2) is 15.8 Å². The number of aromatic nitrogens is 4. The number of hydrogen-bond donors (Lipinski definition) is 2. The van der Waals surface area contributed by atoms with E-state index in [0.717, 1.165) is 15.7 Å². The second kappa shape index (κ2) is 4.50. The fourth-order valence-corrected chi connectivity index (χ4v) is 2.14. The third-order valence-electron chi connectivity index (χ3n) is 1.93. The molecule has 2 heterocycles. The first kappa shape index (κ1) is 10.9. The van der Waals surface area contributed by atoms with E-state index in [1.54, 1.807) is 6.20 Å².